The molecule has 0 unspecified atom stereocenters. The van der Waals surface area contributed by atoms with E-state index in [1.807, 2.05) is 25.1 Å². The van der Waals surface area contributed by atoms with Gasteiger partial charge < -0.3 is 9.52 Å². The van der Waals surface area contributed by atoms with Crippen molar-refractivity contribution in [1.29, 1.82) is 0 Å². The zero-order valence-electron chi connectivity index (χ0n) is 10.6. The Hall–Kier alpha value is -2.14. The number of nitrogens with zero attached hydrogens (tertiary/aromatic N) is 1. The van der Waals surface area contributed by atoms with Gasteiger partial charge in [0.25, 0.3) is 0 Å². The highest BCUT2D eigenvalue weighted by molar-refractivity contribution is 9.10. The fraction of sp³-hybridized carbons (Fsp3) is 0.0667. The van der Waals surface area contributed by atoms with Crippen LogP contribution < -0.4 is 0 Å². The van der Waals surface area contributed by atoms with Gasteiger partial charge in [-0.05, 0) is 53.2 Å². The second-order valence-electron chi connectivity index (χ2n) is 4.49. The van der Waals surface area contributed by atoms with Crippen LogP contribution in [0.4, 0.5) is 0 Å². The number of hydrogen-bond donors (Lipinski definition) is 1. The maximum Gasteiger partial charge on any atom is 0.335 e. The number of carbonyl (C=O) groups is 1. The van der Waals surface area contributed by atoms with Gasteiger partial charge in [-0.15, -0.1) is 0 Å². The maximum atomic E-state index is 11.0. The standard InChI is InChI=1S/C15H10BrNO3/c1-8-2-4-11(16)10(6-8)14-17-12-7-9(15(18)19)3-5-13(12)20-14/h2-7H,1H3,(H,18,19). The minimum Gasteiger partial charge on any atom is -0.478 e. The summed E-state index contributed by atoms with van der Waals surface area (Å²) in [4.78, 5) is 15.3. The van der Waals surface area contributed by atoms with Gasteiger partial charge in [0.2, 0.25) is 5.89 Å². The first-order valence-electron chi connectivity index (χ1n) is 5.95. The summed E-state index contributed by atoms with van der Waals surface area (Å²) in [5, 5.41) is 8.98. The SMILES string of the molecule is Cc1ccc(Br)c(-c2nc3cc(C(=O)O)ccc3o2)c1. The molecular weight excluding hydrogens is 322 g/mol. The monoisotopic (exact) mass is 331 g/mol. The third kappa shape index (κ3) is 2.20. The molecule has 0 bridgehead atoms. The number of aryl methyl sites for hydroxylation is 1. The molecule has 0 saturated carbocycles. The summed E-state index contributed by atoms with van der Waals surface area (Å²) < 4.78 is 6.57. The predicted molar refractivity (Wildman–Crippen MR) is 78.8 cm³/mol. The second-order valence-corrected chi connectivity index (χ2v) is 5.34. The van der Waals surface area contributed by atoms with E-state index in [9.17, 15) is 4.79 Å². The Kier molecular flexibility index (Phi) is 3.06. The van der Waals surface area contributed by atoms with Gasteiger partial charge in [0.15, 0.2) is 5.58 Å². The van der Waals surface area contributed by atoms with E-state index in [0.29, 0.717) is 17.0 Å². The molecule has 2 aromatic carbocycles. The van der Waals surface area contributed by atoms with E-state index in [2.05, 4.69) is 20.9 Å². The summed E-state index contributed by atoms with van der Waals surface area (Å²) in [5.74, 6) is -0.508. The number of carboxylic acids is 1. The van der Waals surface area contributed by atoms with E-state index in [1.54, 1.807) is 6.07 Å². The van der Waals surface area contributed by atoms with Crippen molar-refractivity contribution in [3.8, 4) is 11.5 Å². The molecule has 1 aromatic heterocycles. The number of rotatable bonds is 2. The van der Waals surface area contributed by atoms with E-state index < -0.39 is 5.97 Å². The van der Waals surface area contributed by atoms with Crippen molar-refractivity contribution < 1.29 is 14.3 Å². The average molecular weight is 332 g/mol. The summed E-state index contributed by atoms with van der Waals surface area (Å²) >= 11 is 3.47. The topological polar surface area (TPSA) is 63.3 Å². The molecule has 100 valence electrons. The summed E-state index contributed by atoms with van der Waals surface area (Å²) in [6, 6.07) is 10.5. The Morgan fingerprint density at radius 1 is 1.25 bits per heavy atom. The Morgan fingerprint density at radius 2 is 2.05 bits per heavy atom. The van der Waals surface area contributed by atoms with Crippen LogP contribution >= 0.6 is 15.9 Å². The van der Waals surface area contributed by atoms with Crippen LogP contribution in [-0.2, 0) is 0 Å². The lowest BCUT2D eigenvalue weighted by atomic mass is 10.1. The lowest BCUT2D eigenvalue weighted by Crippen LogP contribution is -1.94. The normalized spacial score (nSPS) is 10.9. The third-order valence-electron chi connectivity index (χ3n) is 2.99. The Bertz CT molecular complexity index is 823. The molecule has 3 rings (SSSR count). The summed E-state index contributed by atoms with van der Waals surface area (Å²) in [6.45, 7) is 1.99. The van der Waals surface area contributed by atoms with Crippen molar-refractivity contribution in [2.75, 3.05) is 0 Å². The molecule has 0 radical (unpaired) electrons. The molecule has 0 amide bonds. The molecule has 0 spiro atoms. The second kappa shape index (κ2) is 4.76. The fourth-order valence-electron chi connectivity index (χ4n) is 1.98. The molecule has 0 aliphatic carbocycles. The Labute approximate surface area is 123 Å². The van der Waals surface area contributed by atoms with E-state index in [4.69, 9.17) is 9.52 Å². The first kappa shape index (κ1) is 12.9. The zero-order chi connectivity index (χ0) is 14.3. The fourth-order valence-corrected chi connectivity index (χ4v) is 2.39. The quantitative estimate of drug-likeness (QED) is 0.761. The van der Waals surface area contributed by atoms with Crippen molar-refractivity contribution in [3.63, 3.8) is 0 Å². The van der Waals surface area contributed by atoms with E-state index in [0.717, 1.165) is 15.6 Å². The van der Waals surface area contributed by atoms with Crippen molar-refractivity contribution in [2.24, 2.45) is 0 Å². The molecule has 5 heteroatoms. The molecule has 1 N–H and O–H groups in total. The van der Waals surface area contributed by atoms with Crippen LogP contribution in [0.3, 0.4) is 0 Å². The first-order chi connectivity index (χ1) is 9.54. The summed E-state index contributed by atoms with van der Waals surface area (Å²) in [5.41, 5.74) is 3.24. The van der Waals surface area contributed by atoms with Gasteiger partial charge in [-0.25, -0.2) is 9.78 Å². The molecule has 0 saturated heterocycles. The number of aromatic carboxylic acids is 1. The Balaban J connectivity index is 2.17. The molecule has 20 heavy (non-hydrogen) atoms. The van der Waals surface area contributed by atoms with Crippen LogP contribution in [0.25, 0.3) is 22.6 Å². The number of carboxylic acid groups (broad SMARTS) is 1. The van der Waals surface area contributed by atoms with Crippen LogP contribution in [0.5, 0.6) is 0 Å². The number of aromatic nitrogens is 1. The lowest BCUT2D eigenvalue weighted by Gasteiger charge is -2.00. The molecule has 1 heterocycles. The van der Waals surface area contributed by atoms with Crippen LogP contribution in [0, 0.1) is 6.92 Å². The third-order valence-corrected chi connectivity index (χ3v) is 3.68. The van der Waals surface area contributed by atoms with E-state index in [1.165, 1.54) is 12.1 Å². The molecule has 3 aromatic rings. The summed E-state index contributed by atoms with van der Waals surface area (Å²) in [7, 11) is 0. The minimum absolute atomic E-state index is 0.195. The van der Waals surface area contributed by atoms with Crippen LogP contribution in [0.15, 0.2) is 45.3 Å². The minimum atomic E-state index is -0.979. The average Bonchev–Trinajstić information content (AvgIpc) is 2.83. The van der Waals surface area contributed by atoms with E-state index in [-0.39, 0.29) is 5.56 Å². The molecular formula is C15H10BrNO3. The van der Waals surface area contributed by atoms with Crippen LogP contribution in [-0.4, -0.2) is 16.1 Å². The number of benzene rings is 2. The first-order valence-corrected chi connectivity index (χ1v) is 6.74. The van der Waals surface area contributed by atoms with Crippen LogP contribution in [0.1, 0.15) is 15.9 Å². The van der Waals surface area contributed by atoms with Crippen molar-refractivity contribution >= 4 is 33.0 Å². The highest BCUT2D eigenvalue weighted by atomic mass is 79.9. The van der Waals surface area contributed by atoms with Crippen molar-refractivity contribution in [3.05, 3.63) is 52.0 Å². The van der Waals surface area contributed by atoms with Crippen molar-refractivity contribution in [1.82, 2.24) is 4.98 Å². The van der Waals surface area contributed by atoms with Crippen molar-refractivity contribution in [2.45, 2.75) is 6.92 Å². The van der Waals surface area contributed by atoms with Gasteiger partial charge in [0.05, 0.1) is 11.1 Å². The van der Waals surface area contributed by atoms with Crippen LogP contribution in [0.2, 0.25) is 0 Å². The van der Waals surface area contributed by atoms with Gasteiger partial charge >= 0.3 is 5.97 Å². The van der Waals surface area contributed by atoms with Gasteiger partial charge in [-0.1, -0.05) is 11.6 Å². The molecule has 4 nitrogen and oxygen atoms in total. The van der Waals surface area contributed by atoms with Gasteiger partial charge in [-0.3, -0.25) is 0 Å². The summed E-state index contributed by atoms with van der Waals surface area (Å²) in [6.07, 6.45) is 0. The molecule has 0 fully saturated rings. The Morgan fingerprint density at radius 3 is 2.80 bits per heavy atom. The molecule has 0 aliphatic rings. The predicted octanol–water partition coefficient (Wildman–Crippen LogP) is 4.26. The molecule has 0 aliphatic heterocycles. The number of halogens is 1. The molecule has 0 atom stereocenters. The lowest BCUT2D eigenvalue weighted by molar-refractivity contribution is 0.0697. The van der Waals surface area contributed by atoms with Gasteiger partial charge in [0.1, 0.15) is 5.52 Å². The highest BCUT2D eigenvalue weighted by Crippen LogP contribution is 2.31. The van der Waals surface area contributed by atoms with E-state index >= 15 is 0 Å². The number of fused-ring (bicyclic) bond motifs is 1. The number of oxazole rings is 1. The van der Waals surface area contributed by atoms with Gasteiger partial charge in [-0.2, -0.15) is 0 Å². The van der Waals surface area contributed by atoms with Gasteiger partial charge in [0, 0.05) is 4.47 Å². The maximum absolute atomic E-state index is 11.0. The zero-order valence-corrected chi connectivity index (χ0v) is 12.1. The number of hydrogen-bond acceptors (Lipinski definition) is 3. The smallest absolute Gasteiger partial charge is 0.335 e. The largest absolute Gasteiger partial charge is 0.478 e. The highest BCUT2D eigenvalue weighted by Gasteiger charge is 2.13.